The van der Waals surface area contributed by atoms with Crippen LogP contribution in [-0.2, 0) is 24.2 Å². The number of carbonyl (C=O) groups is 1. The second kappa shape index (κ2) is 8.51. The van der Waals surface area contributed by atoms with Crippen molar-refractivity contribution in [2.75, 3.05) is 33.3 Å². The summed E-state index contributed by atoms with van der Waals surface area (Å²) >= 11 is 0. The summed E-state index contributed by atoms with van der Waals surface area (Å²) in [6.45, 7) is 9.88. The van der Waals surface area contributed by atoms with Crippen LogP contribution in [-0.4, -0.2) is 59.0 Å². The number of aromatic amines is 1. The molecule has 0 aliphatic carbocycles. The summed E-state index contributed by atoms with van der Waals surface area (Å²) in [5.41, 5.74) is 2.33. The van der Waals surface area contributed by atoms with Crippen molar-refractivity contribution in [2.45, 2.75) is 39.8 Å². The largest absolute Gasteiger partial charge is 0.463 e. The first-order valence-corrected chi connectivity index (χ1v) is 9.25. The van der Waals surface area contributed by atoms with Gasteiger partial charge in [-0.3, -0.25) is 9.80 Å². The smallest absolute Gasteiger partial charge is 0.373 e. The highest BCUT2D eigenvalue weighted by Gasteiger charge is 2.19. The summed E-state index contributed by atoms with van der Waals surface area (Å²) in [5, 5.41) is 0. The van der Waals surface area contributed by atoms with Gasteiger partial charge in [0.1, 0.15) is 11.6 Å². The highest BCUT2D eigenvalue weighted by Crippen LogP contribution is 2.15. The maximum absolute atomic E-state index is 11.5. The number of aromatic nitrogens is 2. The van der Waals surface area contributed by atoms with Crippen molar-refractivity contribution in [2.24, 2.45) is 0 Å². The molecule has 7 nitrogen and oxygen atoms in total. The Hall–Kier alpha value is -2.12. The van der Waals surface area contributed by atoms with E-state index in [4.69, 9.17) is 9.40 Å². The number of carbonyl (C=O) groups excluding carboxylic acids is 1. The molecule has 0 unspecified atom stereocenters. The minimum Gasteiger partial charge on any atom is -0.463 e. The van der Waals surface area contributed by atoms with E-state index < -0.39 is 5.97 Å². The molecule has 7 heteroatoms. The molecule has 142 valence electrons. The zero-order chi connectivity index (χ0) is 18.5. The average Bonchev–Trinajstić information content (AvgIpc) is 3.18. The molecule has 2 aromatic heterocycles. The second-order valence-electron chi connectivity index (χ2n) is 6.77. The fraction of sp³-hybridized carbons (Fsp3) is 0.579. The van der Waals surface area contributed by atoms with Gasteiger partial charge in [0.25, 0.3) is 0 Å². The zero-order valence-corrected chi connectivity index (χ0v) is 15.9. The second-order valence-corrected chi connectivity index (χ2v) is 6.77. The molecular weight excluding hydrogens is 332 g/mol. The number of hydrogen-bond acceptors (Lipinski definition) is 6. The predicted octanol–water partition coefficient (Wildman–Crippen LogP) is 2.37. The third kappa shape index (κ3) is 4.53. The van der Waals surface area contributed by atoms with Crippen LogP contribution >= 0.6 is 0 Å². The summed E-state index contributed by atoms with van der Waals surface area (Å²) in [5.74, 6) is 1.70. The van der Waals surface area contributed by atoms with Gasteiger partial charge in [-0.2, -0.15) is 0 Å². The molecule has 3 rings (SSSR count). The first-order chi connectivity index (χ1) is 12.6. The van der Waals surface area contributed by atoms with Crippen molar-refractivity contribution >= 4 is 5.97 Å². The SMILES string of the molecule is CCc1nc(CN2CCCN(Cc3ccc(C(=O)OC)o3)CC2)c(C)[nH]1. The molecule has 0 saturated carbocycles. The van der Waals surface area contributed by atoms with E-state index in [0.29, 0.717) is 6.54 Å². The van der Waals surface area contributed by atoms with E-state index in [2.05, 4.69) is 33.4 Å². The van der Waals surface area contributed by atoms with Gasteiger partial charge < -0.3 is 14.1 Å². The number of H-pyrrole nitrogens is 1. The van der Waals surface area contributed by atoms with E-state index >= 15 is 0 Å². The Kier molecular flexibility index (Phi) is 6.11. The van der Waals surface area contributed by atoms with Crippen molar-refractivity contribution < 1.29 is 13.9 Å². The molecule has 0 bridgehead atoms. The van der Waals surface area contributed by atoms with Gasteiger partial charge in [0.05, 0.1) is 19.3 Å². The number of nitrogens with one attached hydrogen (secondary N) is 1. The van der Waals surface area contributed by atoms with E-state index in [1.165, 1.54) is 12.8 Å². The predicted molar refractivity (Wildman–Crippen MR) is 97.9 cm³/mol. The van der Waals surface area contributed by atoms with Crippen LogP contribution in [0.5, 0.6) is 0 Å². The highest BCUT2D eigenvalue weighted by molar-refractivity contribution is 5.86. The molecule has 0 radical (unpaired) electrons. The molecule has 1 aliphatic rings. The Morgan fingerprint density at radius 2 is 1.96 bits per heavy atom. The summed E-state index contributed by atoms with van der Waals surface area (Å²) < 4.78 is 10.3. The van der Waals surface area contributed by atoms with Crippen LogP contribution in [0.4, 0.5) is 0 Å². The van der Waals surface area contributed by atoms with E-state index in [9.17, 15) is 4.79 Å². The van der Waals surface area contributed by atoms with Crippen molar-refractivity contribution in [1.82, 2.24) is 19.8 Å². The standard InChI is InChI=1S/C19H28N4O3/c1-4-18-20-14(2)16(21-18)13-23-9-5-8-22(10-11-23)12-15-6-7-17(26-15)19(24)25-3/h6-7H,4-5,8-13H2,1-3H3,(H,20,21). The molecule has 1 aliphatic heterocycles. The number of furan rings is 1. The van der Waals surface area contributed by atoms with Crippen LogP contribution in [0.3, 0.4) is 0 Å². The lowest BCUT2D eigenvalue weighted by Crippen LogP contribution is -2.30. The number of aryl methyl sites for hydroxylation is 2. The van der Waals surface area contributed by atoms with E-state index in [1.54, 1.807) is 6.07 Å². The topological polar surface area (TPSA) is 74.6 Å². The molecule has 26 heavy (non-hydrogen) atoms. The summed E-state index contributed by atoms with van der Waals surface area (Å²) in [6, 6.07) is 3.53. The Labute approximate surface area is 154 Å². The van der Waals surface area contributed by atoms with Gasteiger partial charge in [0.2, 0.25) is 5.76 Å². The van der Waals surface area contributed by atoms with Crippen molar-refractivity contribution in [3.05, 3.63) is 40.9 Å². The number of hydrogen-bond donors (Lipinski definition) is 1. The summed E-state index contributed by atoms with van der Waals surface area (Å²) in [6.07, 6.45) is 2.04. The molecule has 1 fully saturated rings. The third-order valence-electron chi connectivity index (χ3n) is 4.85. The normalized spacial score (nSPS) is 16.6. The highest BCUT2D eigenvalue weighted by atomic mass is 16.5. The van der Waals surface area contributed by atoms with Crippen LogP contribution in [0, 0.1) is 6.92 Å². The summed E-state index contributed by atoms with van der Waals surface area (Å²) in [7, 11) is 1.36. The fourth-order valence-corrected chi connectivity index (χ4v) is 3.33. The van der Waals surface area contributed by atoms with E-state index in [1.807, 2.05) is 6.07 Å². The Morgan fingerprint density at radius 3 is 2.62 bits per heavy atom. The lowest BCUT2D eigenvalue weighted by molar-refractivity contribution is 0.0561. The minimum absolute atomic E-state index is 0.264. The van der Waals surface area contributed by atoms with Crippen LogP contribution in [0.1, 0.15) is 46.9 Å². The first-order valence-electron chi connectivity index (χ1n) is 9.25. The van der Waals surface area contributed by atoms with Crippen LogP contribution < -0.4 is 0 Å². The van der Waals surface area contributed by atoms with E-state index in [0.717, 1.165) is 62.8 Å². The fourth-order valence-electron chi connectivity index (χ4n) is 3.33. The number of rotatable bonds is 6. The molecule has 1 saturated heterocycles. The third-order valence-corrected chi connectivity index (χ3v) is 4.85. The maximum Gasteiger partial charge on any atom is 0.373 e. The number of nitrogens with zero attached hydrogens (tertiary/aromatic N) is 3. The summed E-state index contributed by atoms with van der Waals surface area (Å²) in [4.78, 5) is 24.4. The van der Waals surface area contributed by atoms with Crippen molar-refractivity contribution in [1.29, 1.82) is 0 Å². The molecular formula is C19H28N4O3. The Morgan fingerprint density at radius 1 is 1.23 bits per heavy atom. The molecule has 2 aromatic rings. The lowest BCUT2D eigenvalue weighted by atomic mass is 10.3. The quantitative estimate of drug-likeness (QED) is 0.797. The van der Waals surface area contributed by atoms with Crippen molar-refractivity contribution in [3.8, 4) is 0 Å². The zero-order valence-electron chi connectivity index (χ0n) is 15.9. The van der Waals surface area contributed by atoms with Gasteiger partial charge in [-0.15, -0.1) is 0 Å². The van der Waals surface area contributed by atoms with Gasteiger partial charge in [0, 0.05) is 31.7 Å². The number of ether oxygens (including phenoxy) is 1. The monoisotopic (exact) mass is 360 g/mol. The number of imidazole rings is 1. The molecule has 3 heterocycles. The van der Waals surface area contributed by atoms with Gasteiger partial charge in [0.15, 0.2) is 0 Å². The molecule has 1 N–H and O–H groups in total. The average molecular weight is 360 g/mol. The van der Waals surface area contributed by atoms with Crippen LogP contribution in [0.25, 0.3) is 0 Å². The van der Waals surface area contributed by atoms with Gasteiger partial charge in [-0.25, -0.2) is 9.78 Å². The molecule has 0 amide bonds. The van der Waals surface area contributed by atoms with Crippen LogP contribution in [0.2, 0.25) is 0 Å². The van der Waals surface area contributed by atoms with Crippen LogP contribution in [0.15, 0.2) is 16.5 Å². The lowest BCUT2D eigenvalue weighted by Gasteiger charge is -2.20. The van der Waals surface area contributed by atoms with Gasteiger partial charge in [-0.1, -0.05) is 6.92 Å². The minimum atomic E-state index is -0.431. The Bertz CT molecular complexity index is 737. The maximum atomic E-state index is 11.5. The number of esters is 1. The van der Waals surface area contributed by atoms with Gasteiger partial charge in [-0.05, 0) is 38.6 Å². The Balaban J connectivity index is 1.53. The van der Waals surface area contributed by atoms with E-state index in [-0.39, 0.29) is 5.76 Å². The van der Waals surface area contributed by atoms with Gasteiger partial charge >= 0.3 is 5.97 Å². The number of methoxy groups -OCH3 is 1. The molecule has 0 aromatic carbocycles. The van der Waals surface area contributed by atoms with Crippen molar-refractivity contribution in [3.63, 3.8) is 0 Å². The molecule has 0 spiro atoms. The first kappa shape index (κ1) is 18.7. The molecule has 0 atom stereocenters.